The number of amides is 1. The van der Waals surface area contributed by atoms with Gasteiger partial charge in [-0.3, -0.25) is 14.7 Å². The van der Waals surface area contributed by atoms with Crippen molar-refractivity contribution in [2.45, 2.75) is 38.7 Å². The summed E-state index contributed by atoms with van der Waals surface area (Å²) in [4.78, 5) is 27.6. The van der Waals surface area contributed by atoms with E-state index >= 15 is 0 Å². The zero-order valence-corrected chi connectivity index (χ0v) is 16.6. The van der Waals surface area contributed by atoms with E-state index in [-0.39, 0.29) is 11.7 Å². The predicted molar refractivity (Wildman–Crippen MR) is 109 cm³/mol. The molecule has 2 aliphatic heterocycles. The smallest absolute Gasteiger partial charge is 0.253 e. The second-order valence-electron chi connectivity index (χ2n) is 8.28. The van der Waals surface area contributed by atoms with Gasteiger partial charge in [-0.2, -0.15) is 5.10 Å². The maximum Gasteiger partial charge on any atom is 0.253 e. The van der Waals surface area contributed by atoms with E-state index in [4.69, 9.17) is 4.74 Å². The van der Waals surface area contributed by atoms with Crippen LogP contribution in [0.4, 0.5) is 0 Å². The molecule has 1 aromatic heterocycles. The lowest BCUT2D eigenvalue weighted by Gasteiger charge is -2.44. The van der Waals surface area contributed by atoms with Crippen LogP contribution in [0.15, 0.2) is 36.5 Å². The average Bonchev–Trinajstić information content (AvgIpc) is 3.17. The minimum Gasteiger partial charge on any atom is -0.486 e. The molecule has 1 spiro atoms. The number of hydrogen-bond donors (Lipinski definition) is 1. The Morgan fingerprint density at radius 3 is 2.69 bits per heavy atom. The van der Waals surface area contributed by atoms with E-state index < -0.39 is 5.60 Å². The lowest BCUT2D eigenvalue weighted by molar-refractivity contribution is -0.00574. The van der Waals surface area contributed by atoms with E-state index in [0.717, 1.165) is 22.0 Å². The quantitative estimate of drug-likeness (QED) is 0.687. The number of benzene rings is 2. The summed E-state index contributed by atoms with van der Waals surface area (Å²) in [5.41, 5.74) is 3.98. The normalized spacial score (nSPS) is 18.0. The second kappa shape index (κ2) is 6.44. The highest BCUT2D eigenvalue weighted by atomic mass is 16.5. The van der Waals surface area contributed by atoms with Crippen molar-refractivity contribution in [1.29, 1.82) is 0 Å². The largest absolute Gasteiger partial charge is 0.486 e. The summed E-state index contributed by atoms with van der Waals surface area (Å²) in [6.07, 6.45) is 3.42. The molecular weight excluding hydrogens is 366 g/mol. The van der Waals surface area contributed by atoms with Gasteiger partial charge in [0.2, 0.25) is 0 Å². The van der Waals surface area contributed by atoms with Crippen LogP contribution in [0.5, 0.6) is 5.75 Å². The van der Waals surface area contributed by atoms with E-state index in [9.17, 15) is 9.59 Å². The number of ketones is 1. The lowest BCUT2D eigenvalue weighted by Crippen LogP contribution is -2.52. The van der Waals surface area contributed by atoms with E-state index in [2.05, 4.69) is 10.2 Å². The number of H-pyrrole nitrogens is 1. The van der Waals surface area contributed by atoms with Gasteiger partial charge in [0.1, 0.15) is 11.4 Å². The lowest BCUT2D eigenvalue weighted by atomic mass is 9.81. The number of ether oxygens (including phenoxy) is 1. The van der Waals surface area contributed by atoms with Crippen LogP contribution in [-0.2, 0) is 0 Å². The maximum atomic E-state index is 13.0. The highest BCUT2D eigenvalue weighted by molar-refractivity contribution is 6.01. The Balaban J connectivity index is 1.33. The first-order valence-electron chi connectivity index (χ1n) is 10.00. The third-order valence-electron chi connectivity index (χ3n) is 6.35. The SMILES string of the molecule is Cc1cc2c(cc1C)C(=O)CC1(CCN(C(=O)c3ccc4[nH]ncc4c3)CC1)O2. The first-order chi connectivity index (χ1) is 13.9. The predicted octanol–water partition coefficient (Wildman–Crippen LogP) is 3.82. The van der Waals surface area contributed by atoms with Crippen molar-refractivity contribution < 1.29 is 14.3 Å². The van der Waals surface area contributed by atoms with Crippen LogP contribution in [0, 0.1) is 13.8 Å². The molecule has 6 nitrogen and oxygen atoms in total. The van der Waals surface area contributed by atoms with Crippen LogP contribution >= 0.6 is 0 Å². The monoisotopic (exact) mass is 389 g/mol. The highest BCUT2D eigenvalue weighted by Gasteiger charge is 2.43. The number of nitrogens with zero attached hydrogens (tertiary/aromatic N) is 2. The first-order valence-corrected chi connectivity index (χ1v) is 10.00. The third kappa shape index (κ3) is 2.99. The number of rotatable bonds is 1. The standard InChI is InChI=1S/C23H23N3O3/c1-14-9-18-20(27)12-23(29-21(18)10-15(14)2)5-7-26(8-6-23)22(28)16-3-4-19-17(11-16)13-24-25-19/h3-4,9-11,13H,5-8,12H2,1-2H3,(H,24,25). The highest BCUT2D eigenvalue weighted by Crippen LogP contribution is 2.40. The summed E-state index contributed by atoms with van der Waals surface area (Å²) in [5, 5.41) is 7.83. The molecule has 0 atom stereocenters. The van der Waals surface area contributed by atoms with Crippen molar-refractivity contribution >= 4 is 22.6 Å². The zero-order chi connectivity index (χ0) is 20.2. The van der Waals surface area contributed by atoms with Crippen LogP contribution in [0.25, 0.3) is 10.9 Å². The molecule has 6 heteroatoms. The van der Waals surface area contributed by atoms with E-state index in [0.29, 0.717) is 49.2 Å². The van der Waals surface area contributed by atoms with Gasteiger partial charge >= 0.3 is 0 Å². The fourth-order valence-electron chi connectivity index (χ4n) is 4.40. The van der Waals surface area contributed by atoms with Crippen LogP contribution in [0.2, 0.25) is 0 Å². The Hall–Kier alpha value is -3.15. The van der Waals surface area contributed by atoms with Gasteiger partial charge in [-0.25, -0.2) is 0 Å². The summed E-state index contributed by atoms with van der Waals surface area (Å²) in [6.45, 7) is 5.20. The Morgan fingerprint density at radius 1 is 1.14 bits per heavy atom. The van der Waals surface area contributed by atoms with Gasteiger partial charge in [0.15, 0.2) is 5.78 Å². The molecule has 0 radical (unpaired) electrons. The summed E-state index contributed by atoms with van der Waals surface area (Å²) >= 11 is 0. The van der Waals surface area contributed by atoms with Crippen LogP contribution < -0.4 is 4.74 Å². The molecule has 1 amide bonds. The number of aryl methyl sites for hydroxylation is 2. The van der Waals surface area contributed by atoms with Crippen molar-refractivity contribution in [2.24, 2.45) is 0 Å². The van der Waals surface area contributed by atoms with E-state index in [1.807, 2.05) is 49.1 Å². The number of piperidine rings is 1. The fraction of sp³-hybridized carbons (Fsp3) is 0.348. The molecule has 2 aliphatic rings. The Morgan fingerprint density at radius 2 is 1.90 bits per heavy atom. The van der Waals surface area contributed by atoms with Crippen molar-refractivity contribution in [3.05, 3.63) is 58.8 Å². The van der Waals surface area contributed by atoms with Gasteiger partial charge < -0.3 is 9.64 Å². The number of aromatic amines is 1. The zero-order valence-electron chi connectivity index (χ0n) is 16.6. The van der Waals surface area contributed by atoms with Crippen molar-refractivity contribution in [2.75, 3.05) is 13.1 Å². The van der Waals surface area contributed by atoms with Crippen molar-refractivity contribution in [1.82, 2.24) is 15.1 Å². The number of aromatic nitrogens is 2. The van der Waals surface area contributed by atoms with Gasteiger partial charge in [-0.1, -0.05) is 0 Å². The molecule has 2 aromatic carbocycles. The molecule has 148 valence electrons. The van der Waals surface area contributed by atoms with Gasteiger partial charge in [-0.15, -0.1) is 0 Å². The molecule has 0 bridgehead atoms. The molecule has 29 heavy (non-hydrogen) atoms. The Bertz CT molecular complexity index is 1140. The minimum absolute atomic E-state index is 0.0111. The molecular formula is C23H23N3O3. The first kappa shape index (κ1) is 17.9. The number of carbonyl (C=O) groups is 2. The van der Waals surface area contributed by atoms with Crippen molar-refractivity contribution in [3.63, 3.8) is 0 Å². The molecule has 3 aromatic rings. The Labute approximate surface area is 168 Å². The number of Topliss-reactive ketones (excluding diaryl/α,β-unsaturated/α-hetero) is 1. The molecule has 0 unspecified atom stereocenters. The van der Waals surface area contributed by atoms with E-state index in [1.54, 1.807) is 6.20 Å². The number of fused-ring (bicyclic) bond motifs is 2. The third-order valence-corrected chi connectivity index (χ3v) is 6.35. The fourth-order valence-corrected chi connectivity index (χ4v) is 4.40. The second-order valence-corrected chi connectivity index (χ2v) is 8.28. The molecule has 0 aliphatic carbocycles. The molecule has 1 N–H and O–H groups in total. The minimum atomic E-state index is -0.503. The molecule has 1 saturated heterocycles. The summed E-state index contributed by atoms with van der Waals surface area (Å²) < 4.78 is 6.38. The molecule has 5 rings (SSSR count). The van der Waals surface area contributed by atoms with E-state index in [1.165, 1.54) is 0 Å². The molecule has 3 heterocycles. The van der Waals surface area contributed by atoms with Gasteiger partial charge in [-0.05, 0) is 55.3 Å². The maximum absolute atomic E-state index is 13.0. The van der Waals surface area contributed by atoms with Gasteiger partial charge in [0.25, 0.3) is 5.91 Å². The summed E-state index contributed by atoms with van der Waals surface area (Å²) in [5.74, 6) is 0.839. The van der Waals surface area contributed by atoms with Gasteiger partial charge in [0, 0.05) is 36.9 Å². The average molecular weight is 389 g/mol. The summed E-state index contributed by atoms with van der Waals surface area (Å²) in [7, 11) is 0. The number of hydrogen-bond acceptors (Lipinski definition) is 4. The Kier molecular flexibility index (Phi) is 3.98. The van der Waals surface area contributed by atoms with Crippen molar-refractivity contribution in [3.8, 4) is 5.75 Å². The number of nitrogens with one attached hydrogen (secondary N) is 1. The molecule has 0 saturated carbocycles. The molecule has 1 fully saturated rings. The van der Waals surface area contributed by atoms with Gasteiger partial charge in [0.05, 0.1) is 23.7 Å². The number of carbonyl (C=O) groups excluding carboxylic acids is 2. The van der Waals surface area contributed by atoms with Crippen LogP contribution in [0.1, 0.15) is 51.1 Å². The van der Waals surface area contributed by atoms with Crippen LogP contribution in [0.3, 0.4) is 0 Å². The number of likely N-dealkylation sites (tertiary alicyclic amines) is 1. The van der Waals surface area contributed by atoms with Crippen LogP contribution in [-0.4, -0.2) is 45.5 Å². The summed E-state index contributed by atoms with van der Waals surface area (Å²) in [6, 6.07) is 9.49. The topological polar surface area (TPSA) is 75.3 Å².